The van der Waals surface area contributed by atoms with Gasteiger partial charge in [-0.25, -0.2) is 19.2 Å². The van der Waals surface area contributed by atoms with Gasteiger partial charge >= 0.3 is 6.09 Å². The molecule has 1 saturated heterocycles. The smallest absolute Gasteiger partial charge is 0.410 e. The molecule has 4 heterocycles. The van der Waals surface area contributed by atoms with E-state index in [4.69, 9.17) is 21.9 Å². The van der Waals surface area contributed by atoms with Crippen LogP contribution >= 0.6 is 11.6 Å². The molecule has 2 atom stereocenters. The van der Waals surface area contributed by atoms with Crippen LogP contribution in [0.5, 0.6) is 0 Å². The SMILES string of the molecule is CC1(C)C(NC(=O)O)=N[C@](C)(c2nc(NC(=O)c3ncc(C#N)cc3Cl)ccc2F)[C@H]2CC3(CC3)CN[SH]21=O. The van der Waals surface area contributed by atoms with E-state index in [1.165, 1.54) is 18.3 Å². The fraction of sp³-hybridized carbons (Fsp3) is 0.440. The molecule has 0 bridgehead atoms. The number of anilines is 1. The Morgan fingerprint density at radius 2 is 2.00 bits per heavy atom. The summed E-state index contributed by atoms with van der Waals surface area (Å²) in [5.41, 5.74) is -1.76. The third-order valence-electron chi connectivity index (χ3n) is 8.09. The lowest BCUT2D eigenvalue weighted by Crippen LogP contribution is -2.71. The van der Waals surface area contributed by atoms with E-state index < -0.39 is 43.5 Å². The van der Waals surface area contributed by atoms with E-state index in [9.17, 15) is 18.9 Å². The van der Waals surface area contributed by atoms with Gasteiger partial charge in [0.05, 0.1) is 20.6 Å². The van der Waals surface area contributed by atoms with Crippen LogP contribution in [0.4, 0.5) is 15.0 Å². The summed E-state index contributed by atoms with van der Waals surface area (Å²) in [6.07, 6.45) is 2.18. The molecule has 3 aliphatic rings. The van der Waals surface area contributed by atoms with Gasteiger partial charge in [0, 0.05) is 12.7 Å². The Kier molecular flexibility index (Phi) is 6.28. The lowest BCUT2D eigenvalue weighted by Gasteiger charge is -2.57. The minimum absolute atomic E-state index is 0.0348. The molecular formula is C25H27ClFN7O4S. The predicted octanol–water partition coefficient (Wildman–Crippen LogP) is 3.14. The molecule has 1 spiro atoms. The van der Waals surface area contributed by atoms with Crippen LogP contribution in [0.2, 0.25) is 5.02 Å². The Morgan fingerprint density at radius 1 is 1.28 bits per heavy atom. The Balaban J connectivity index is 1.59. The van der Waals surface area contributed by atoms with Crippen molar-refractivity contribution in [3.63, 3.8) is 0 Å². The second-order valence-corrected chi connectivity index (χ2v) is 14.7. The normalized spacial score (nSPS) is 26.4. The van der Waals surface area contributed by atoms with Crippen LogP contribution in [0.15, 0.2) is 29.4 Å². The third-order valence-corrected chi connectivity index (χ3v) is 12.4. The number of amides is 2. The number of carboxylic acid groups (broad SMARTS) is 1. The molecule has 0 aromatic carbocycles. The van der Waals surface area contributed by atoms with Gasteiger partial charge < -0.3 is 10.4 Å². The molecule has 206 valence electrons. The number of nitrogens with one attached hydrogen (secondary N) is 3. The zero-order valence-corrected chi connectivity index (χ0v) is 23.0. The van der Waals surface area contributed by atoms with Crippen LogP contribution in [-0.2, 0) is 15.7 Å². The van der Waals surface area contributed by atoms with Gasteiger partial charge in [-0.1, -0.05) is 11.6 Å². The fourth-order valence-corrected chi connectivity index (χ4v) is 9.68. The maximum atomic E-state index is 15.5. The van der Waals surface area contributed by atoms with E-state index in [1.54, 1.807) is 20.8 Å². The molecule has 2 aromatic heterocycles. The molecule has 1 aliphatic carbocycles. The molecule has 5 rings (SSSR count). The third kappa shape index (κ3) is 4.36. The molecule has 11 nitrogen and oxygen atoms in total. The summed E-state index contributed by atoms with van der Waals surface area (Å²) < 4.78 is 32.3. The Bertz CT molecular complexity index is 1540. The van der Waals surface area contributed by atoms with Gasteiger partial charge in [-0.05, 0) is 73.8 Å². The largest absolute Gasteiger partial charge is 0.465 e. The molecule has 0 radical (unpaired) electrons. The van der Waals surface area contributed by atoms with Gasteiger partial charge in [-0.3, -0.25) is 24.0 Å². The number of aromatic nitrogens is 2. The summed E-state index contributed by atoms with van der Waals surface area (Å²) >= 11 is 6.11. The zero-order valence-electron chi connectivity index (χ0n) is 21.4. The molecule has 14 heteroatoms. The Hall–Kier alpha value is -3.47. The fourth-order valence-electron chi connectivity index (χ4n) is 5.51. The number of thiol groups is 1. The molecule has 2 fully saturated rings. The van der Waals surface area contributed by atoms with Gasteiger partial charge in [-0.2, -0.15) is 5.26 Å². The second kappa shape index (κ2) is 9.04. The van der Waals surface area contributed by atoms with Crippen molar-refractivity contribution in [2.45, 2.75) is 55.6 Å². The lowest BCUT2D eigenvalue weighted by molar-refractivity contribution is 0.102. The molecule has 2 aromatic rings. The first kappa shape index (κ1) is 27.1. The number of nitrogens with zero attached hydrogens (tertiary/aromatic N) is 4. The number of carbonyl (C=O) groups excluding carboxylic acids is 1. The molecule has 2 aliphatic heterocycles. The molecule has 39 heavy (non-hydrogen) atoms. The number of aliphatic imine (C=N–C) groups is 1. The minimum atomic E-state index is -3.44. The van der Waals surface area contributed by atoms with Crippen LogP contribution in [-0.4, -0.2) is 53.7 Å². The van der Waals surface area contributed by atoms with Crippen molar-refractivity contribution >= 4 is 45.4 Å². The number of nitriles is 1. The number of fused-ring (bicyclic) bond motifs is 1. The highest BCUT2D eigenvalue weighted by molar-refractivity contribution is 8.04. The molecule has 2 amide bonds. The van der Waals surface area contributed by atoms with Crippen LogP contribution in [0.25, 0.3) is 0 Å². The summed E-state index contributed by atoms with van der Waals surface area (Å²) in [6, 6.07) is 5.55. The number of carbonyl (C=O) groups is 2. The average Bonchev–Trinajstić information content (AvgIpc) is 3.64. The van der Waals surface area contributed by atoms with E-state index >= 15 is 4.39 Å². The summed E-state index contributed by atoms with van der Waals surface area (Å²) in [4.78, 5) is 37.6. The van der Waals surface area contributed by atoms with Crippen LogP contribution in [0, 0.1) is 22.6 Å². The van der Waals surface area contributed by atoms with Gasteiger partial charge in [-0.15, -0.1) is 0 Å². The standard InChI is InChI=1S/C25H27ClFN7O4S/c1-23(2)21(33-22(36)37)34-24(3,16-9-25(6-7-25)12-30-39(16,23)38)19-15(27)4-5-17(31-19)32-20(35)18-14(26)8-13(10-28)11-29-18/h4-5,8,11,16,39H,6-7,9,12H2,1-3H3,(H,30,38)(H,33,34)(H,36,37)(H,31,32,35)/t16-,24+/m1/s1. The minimum Gasteiger partial charge on any atom is -0.465 e. The second-order valence-electron chi connectivity index (χ2n) is 11.0. The van der Waals surface area contributed by atoms with E-state index in [0.29, 0.717) is 13.0 Å². The monoisotopic (exact) mass is 575 g/mol. The topological polar surface area (TPSA) is 169 Å². The van der Waals surface area contributed by atoms with E-state index in [2.05, 4.69) is 25.3 Å². The van der Waals surface area contributed by atoms with E-state index in [1.807, 2.05) is 6.07 Å². The van der Waals surface area contributed by atoms with E-state index in [0.717, 1.165) is 18.9 Å². The quantitative estimate of drug-likeness (QED) is 0.350. The molecular weight excluding hydrogens is 549 g/mol. The highest BCUT2D eigenvalue weighted by atomic mass is 35.5. The number of amidine groups is 1. The zero-order chi connectivity index (χ0) is 28.4. The summed E-state index contributed by atoms with van der Waals surface area (Å²) in [6.45, 7) is 5.46. The molecule has 1 saturated carbocycles. The number of hydrogen-bond donors (Lipinski definition) is 5. The van der Waals surface area contributed by atoms with Gasteiger partial charge in [0.25, 0.3) is 5.91 Å². The summed E-state index contributed by atoms with van der Waals surface area (Å²) in [7, 11) is -3.44. The summed E-state index contributed by atoms with van der Waals surface area (Å²) in [5, 5.41) is 22.6. The highest BCUT2D eigenvalue weighted by Crippen LogP contribution is 2.59. The highest BCUT2D eigenvalue weighted by Gasteiger charge is 2.64. The van der Waals surface area contributed by atoms with Crippen molar-refractivity contribution in [1.29, 1.82) is 5.26 Å². The Morgan fingerprint density at radius 3 is 2.62 bits per heavy atom. The lowest BCUT2D eigenvalue weighted by atomic mass is 9.84. The molecule has 4 N–H and O–H groups in total. The number of hydrogen-bond acceptors (Lipinski definition) is 7. The number of pyridine rings is 2. The van der Waals surface area contributed by atoms with Gasteiger partial charge in [0.15, 0.2) is 0 Å². The van der Waals surface area contributed by atoms with Crippen molar-refractivity contribution in [2.24, 2.45) is 10.4 Å². The first-order chi connectivity index (χ1) is 18.2. The average molecular weight is 576 g/mol. The van der Waals surface area contributed by atoms with Gasteiger partial charge in [0.2, 0.25) is 0 Å². The van der Waals surface area contributed by atoms with Crippen molar-refractivity contribution in [1.82, 2.24) is 20.0 Å². The van der Waals surface area contributed by atoms with Gasteiger partial charge in [0.1, 0.15) is 40.5 Å². The maximum Gasteiger partial charge on any atom is 0.410 e. The first-order valence-corrected chi connectivity index (χ1v) is 14.4. The number of halogens is 2. The first-order valence-electron chi connectivity index (χ1n) is 12.2. The number of rotatable bonds is 3. The van der Waals surface area contributed by atoms with Crippen molar-refractivity contribution in [3.8, 4) is 6.07 Å². The van der Waals surface area contributed by atoms with Crippen molar-refractivity contribution in [3.05, 3.63) is 52.2 Å². The van der Waals surface area contributed by atoms with Crippen molar-refractivity contribution in [2.75, 3.05) is 11.9 Å². The Labute approximate surface area is 229 Å². The molecule has 0 unspecified atom stereocenters. The van der Waals surface area contributed by atoms with Crippen LogP contribution in [0.1, 0.15) is 61.8 Å². The summed E-state index contributed by atoms with van der Waals surface area (Å²) in [5.74, 6) is -1.57. The van der Waals surface area contributed by atoms with Crippen molar-refractivity contribution < 1.29 is 23.3 Å². The van der Waals surface area contributed by atoms with E-state index in [-0.39, 0.29) is 39.0 Å². The maximum absolute atomic E-state index is 15.5. The van der Waals surface area contributed by atoms with Crippen LogP contribution in [0.3, 0.4) is 0 Å². The predicted molar refractivity (Wildman–Crippen MR) is 144 cm³/mol. The van der Waals surface area contributed by atoms with Crippen LogP contribution < -0.4 is 15.4 Å².